The van der Waals surface area contributed by atoms with Crippen LogP contribution in [0.5, 0.6) is 0 Å². The Hall–Kier alpha value is -1.98. The molecular formula is C9H10N2O4. The fraction of sp³-hybridized carbons (Fsp3) is 0.333. The van der Waals surface area contributed by atoms with Gasteiger partial charge >= 0.3 is 0 Å². The van der Waals surface area contributed by atoms with Gasteiger partial charge in [0.15, 0.2) is 0 Å². The summed E-state index contributed by atoms with van der Waals surface area (Å²) in [5.41, 5.74) is -0.146. The van der Waals surface area contributed by atoms with Gasteiger partial charge in [-0.3, -0.25) is 20.2 Å². The third-order valence-electron chi connectivity index (χ3n) is 2.02. The lowest BCUT2D eigenvalue weighted by Gasteiger charge is -2.01. The van der Waals surface area contributed by atoms with Crippen molar-refractivity contribution in [2.24, 2.45) is 0 Å². The number of nitro groups is 2. The van der Waals surface area contributed by atoms with Crippen molar-refractivity contribution in [3.63, 3.8) is 0 Å². The Morgan fingerprint density at radius 1 is 1.13 bits per heavy atom. The van der Waals surface area contributed by atoms with Gasteiger partial charge in [-0.15, -0.1) is 0 Å². The number of nitro benzene ring substituents is 2. The zero-order valence-electron chi connectivity index (χ0n) is 8.17. The van der Waals surface area contributed by atoms with E-state index in [1.807, 2.05) is 6.92 Å². The maximum atomic E-state index is 10.7. The lowest BCUT2D eigenvalue weighted by Crippen LogP contribution is -2.00. The van der Waals surface area contributed by atoms with Crippen LogP contribution >= 0.6 is 0 Å². The normalized spacial score (nSPS) is 9.93. The van der Waals surface area contributed by atoms with Crippen molar-refractivity contribution in [3.05, 3.63) is 44.0 Å². The number of benzene rings is 1. The highest BCUT2D eigenvalue weighted by Gasteiger charge is 2.23. The van der Waals surface area contributed by atoms with Gasteiger partial charge in [0.2, 0.25) is 0 Å². The molecule has 6 heteroatoms. The van der Waals surface area contributed by atoms with E-state index in [0.29, 0.717) is 12.8 Å². The molecule has 0 aliphatic rings. The molecule has 6 nitrogen and oxygen atoms in total. The molecule has 0 saturated carbocycles. The topological polar surface area (TPSA) is 86.3 Å². The highest BCUT2D eigenvalue weighted by molar-refractivity contribution is 5.53. The van der Waals surface area contributed by atoms with Gasteiger partial charge in [0.05, 0.1) is 9.85 Å². The maximum absolute atomic E-state index is 10.7. The van der Waals surface area contributed by atoms with Crippen LogP contribution in [0.2, 0.25) is 0 Å². The van der Waals surface area contributed by atoms with Gasteiger partial charge in [0.25, 0.3) is 11.4 Å². The van der Waals surface area contributed by atoms with Gasteiger partial charge in [0.1, 0.15) is 5.56 Å². The van der Waals surface area contributed by atoms with Crippen LogP contribution in [0, 0.1) is 20.2 Å². The van der Waals surface area contributed by atoms with Gasteiger partial charge in [-0.2, -0.15) is 0 Å². The Bertz CT molecular complexity index is 371. The van der Waals surface area contributed by atoms with E-state index in [4.69, 9.17) is 0 Å². The molecule has 0 N–H and O–H groups in total. The summed E-state index contributed by atoms with van der Waals surface area (Å²) in [5.74, 6) is 0. The fourth-order valence-electron chi connectivity index (χ4n) is 1.41. The van der Waals surface area contributed by atoms with Crippen LogP contribution in [-0.2, 0) is 6.42 Å². The molecular weight excluding hydrogens is 200 g/mol. The number of hydrogen-bond acceptors (Lipinski definition) is 4. The lowest BCUT2D eigenvalue weighted by molar-refractivity contribution is -0.395. The summed E-state index contributed by atoms with van der Waals surface area (Å²) in [4.78, 5) is 20.1. The van der Waals surface area contributed by atoms with Crippen molar-refractivity contribution in [3.8, 4) is 0 Å². The number of nitrogens with zero attached hydrogens (tertiary/aromatic N) is 2. The van der Waals surface area contributed by atoms with E-state index in [0.717, 1.165) is 0 Å². The molecule has 0 heterocycles. The van der Waals surface area contributed by atoms with Crippen LogP contribution in [-0.4, -0.2) is 9.85 Å². The van der Waals surface area contributed by atoms with E-state index in [1.165, 1.54) is 18.2 Å². The summed E-state index contributed by atoms with van der Waals surface area (Å²) >= 11 is 0. The Kier molecular flexibility index (Phi) is 3.33. The van der Waals surface area contributed by atoms with Gasteiger partial charge < -0.3 is 0 Å². The van der Waals surface area contributed by atoms with Gasteiger partial charge in [-0.25, -0.2) is 0 Å². The molecule has 0 unspecified atom stereocenters. The molecule has 0 aliphatic heterocycles. The summed E-state index contributed by atoms with van der Waals surface area (Å²) in [5, 5.41) is 21.3. The molecule has 0 radical (unpaired) electrons. The van der Waals surface area contributed by atoms with Crippen LogP contribution in [0.4, 0.5) is 11.4 Å². The van der Waals surface area contributed by atoms with Crippen molar-refractivity contribution in [1.29, 1.82) is 0 Å². The van der Waals surface area contributed by atoms with E-state index >= 15 is 0 Å². The highest BCUT2D eigenvalue weighted by Crippen LogP contribution is 2.28. The van der Waals surface area contributed by atoms with Crippen molar-refractivity contribution in [2.75, 3.05) is 0 Å². The molecule has 0 fully saturated rings. The molecule has 0 amide bonds. The zero-order chi connectivity index (χ0) is 11.4. The predicted molar refractivity (Wildman–Crippen MR) is 53.7 cm³/mol. The zero-order valence-corrected chi connectivity index (χ0v) is 8.17. The molecule has 0 bridgehead atoms. The second kappa shape index (κ2) is 4.50. The molecule has 80 valence electrons. The third kappa shape index (κ3) is 2.28. The average molecular weight is 210 g/mol. The number of rotatable bonds is 4. The summed E-state index contributed by atoms with van der Waals surface area (Å²) < 4.78 is 0. The Morgan fingerprint density at radius 2 is 1.60 bits per heavy atom. The van der Waals surface area contributed by atoms with Crippen LogP contribution < -0.4 is 0 Å². The van der Waals surface area contributed by atoms with Crippen molar-refractivity contribution < 1.29 is 9.85 Å². The second-order valence-corrected chi connectivity index (χ2v) is 3.04. The summed E-state index contributed by atoms with van der Waals surface area (Å²) in [7, 11) is 0. The van der Waals surface area contributed by atoms with E-state index in [2.05, 4.69) is 0 Å². The largest absolute Gasteiger partial charge is 0.279 e. The summed E-state index contributed by atoms with van der Waals surface area (Å²) in [6, 6.07) is 3.91. The summed E-state index contributed by atoms with van der Waals surface area (Å²) in [6.45, 7) is 1.82. The fourth-order valence-corrected chi connectivity index (χ4v) is 1.41. The molecule has 0 atom stereocenters. The summed E-state index contributed by atoms with van der Waals surface area (Å²) in [6.07, 6.45) is 0.971. The molecule has 1 aromatic carbocycles. The Balaban J connectivity index is 3.34. The Labute approximate surface area is 85.8 Å². The van der Waals surface area contributed by atoms with E-state index in [-0.39, 0.29) is 16.9 Å². The minimum absolute atomic E-state index is 0.175. The number of hydrogen-bond donors (Lipinski definition) is 0. The first kappa shape index (κ1) is 11.1. The smallest absolute Gasteiger partial charge is 0.258 e. The van der Waals surface area contributed by atoms with E-state index < -0.39 is 9.85 Å². The first-order chi connectivity index (χ1) is 7.07. The molecule has 1 aromatic rings. The molecule has 1 rings (SSSR count). The van der Waals surface area contributed by atoms with E-state index in [1.54, 1.807) is 0 Å². The maximum Gasteiger partial charge on any atom is 0.279 e. The molecule has 15 heavy (non-hydrogen) atoms. The second-order valence-electron chi connectivity index (χ2n) is 3.04. The van der Waals surface area contributed by atoms with Gasteiger partial charge in [-0.05, 0) is 12.5 Å². The van der Waals surface area contributed by atoms with Crippen molar-refractivity contribution in [1.82, 2.24) is 0 Å². The van der Waals surface area contributed by atoms with Crippen molar-refractivity contribution >= 4 is 11.4 Å². The van der Waals surface area contributed by atoms with Gasteiger partial charge in [-0.1, -0.05) is 13.3 Å². The molecule has 0 saturated heterocycles. The van der Waals surface area contributed by atoms with Crippen LogP contribution in [0.3, 0.4) is 0 Å². The van der Waals surface area contributed by atoms with Crippen LogP contribution in [0.25, 0.3) is 0 Å². The minimum atomic E-state index is -0.585. The van der Waals surface area contributed by atoms with Crippen molar-refractivity contribution in [2.45, 2.75) is 19.8 Å². The molecule has 0 aliphatic carbocycles. The average Bonchev–Trinajstić information content (AvgIpc) is 2.17. The minimum Gasteiger partial charge on any atom is -0.258 e. The Morgan fingerprint density at radius 3 is 1.93 bits per heavy atom. The monoisotopic (exact) mass is 210 g/mol. The SMILES string of the molecule is CCCc1c([N+](=O)[O-])cccc1[N+](=O)[O-]. The lowest BCUT2D eigenvalue weighted by atomic mass is 10.1. The standard InChI is InChI=1S/C9H10N2O4/c1-2-4-7-8(10(12)13)5-3-6-9(7)11(14)15/h3,5-6H,2,4H2,1H3. The molecule has 0 spiro atoms. The van der Waals surface area contributed by atoms with E-state index in [9.17, 15) is 20.2 Å². The predicted octanol–water partition coefficient (Wildman–Crippen LogP) is 2.46. The first-order valence-corrected chi connectivity index (χ1v) is 4.48. The quantitative estimate of drug-likeness (QED) is 0.564. The third-order valence-corrected chi connectivity index (χ3v) is 2.02. The highest BCUT2D eigenvalue weighted by atomic mass is 16.6. The molecule has 0 aromatic heterocycles. The first-order valence-electron chi connectivity index (χ1n) is 4.48. The van der Waals surface area contributed by atoms with Gasteiger partial charge in [0, 0.05) is 12.1 Å². The van der Waals surface area contributed by atoms with Crippen LogP contribution in [0.1, 0.15) is 18.9 Å². The van der Waals surface area contributed by atoms with Crippen LogP contribution in [0.15, 0.2) is 18.2 Å².